The molecule has 0 saturated heterocycles. The van der Waals surface area contributed by atoms with Crippen LogP contribution in [-0.2, 0) is 0 Å². The number of methoxy groups -OCH3 is 2. The lowest BCUT2D eigenvalue weighted by atomic mass is 9.97. The second-order valence-corrected chi connectivity index (χ2v) is 4.36. The van der Waals surface area contributed by atoms with Crippen molar-refractivity contribution in [1.82, 2.24) is 0 Å². The van der Waals surface area contributed by atoms with Gasteiger partial charge in [0.2, 0.25) is 0 Å². The third-order valence-electron chi connectivity index (χ3n) is 3.08. The molecule has 0 heterocycles. The van der Waals surface area contributed by atoms with E-state index in [2.05, 4.69) is 32.0 Å². The molecule has 2 aromatic carbocycles. The van der Waals surface area contributed by atoms with E-state index in [-0.39, 0.29) is 0 Å². The number of hydrogen-bond acceptors (Lipinski definition) is 2. The molecule has 0 N–H and O–H groups in total. The first-order valence-corrected chi connectivity index (χ1v) is 5.96. The van der Waals surface area contributed by atoms with Gasteiger partial charge in [-0.25, -0.2) is 0 Å². The Hall–Kier alpha value is -1.96. The zero-order valence-electron chi connectivity index (χ0n) is 11.3. The summed E-state index contributed by atoms with van der Waals surface area (Å²) in [6, 6.07) is 12.3. The summed E-state index contributed by atoms with van der Waals surface area (Å²) >= 11 is 0. The highest BCUT2D eigenvalue weighted by molar-refractivity contribution is 5.78. The summed E-state index contributed by atoms with van der Waals surface area (Å²) in [7, 11) is 3.39. The predicted molar refractivity (Wildman–Crippen MR) is 74.5 cm³/mol. The molecule has 0 aliphatic rings. The molecule has 2 heteroatoms. The van der Waals surface area contributed by atoms with Crippen LogP contribution in [0.25, 0.3) is 11.1 Å². The van der Waals surface area contributed by atoms with Crippen LogP contribution in [0.15, 0.2) is 36.4 Å². The van der Waals surface area contributed by atoms with E-state index >= 15 is 0 Å². The van der Waals surface area contributed by atoms with Gasteiger partial charge in [-0.3, -0.25) is 0 Å². The maximum absolute atomic E-state index is 5.48. The zero-order chi connectivity index (χ0) is 13.1. The molecule has 94 valence electrons. The summed E-state index contributed by atoms with van der Waals surface area (Å²) in [4.78, 5) is 0. The summed E-state index contributed by atoms with van der Waals surface area (Å²) in [6.07, 6.45) is 0. The van der Waals surface area contributed by atoms with Gasteiger partial charge in [-0.2, -0.15) is 0 Å². The van der Waals surface area contributed by atoms with Crippen LogP contribution in [0.4, 0.5) is 0 Å². The average Bonchev–Trinajstić information content (AvgIpc) is 2.38. The lowest BCUT2D eigenvalue weighted by Gasteiger charge is -2.15. The van der Waals surface area contributed by atoms with Crippen molar-refractivity contribution in [1.29, 1.82) is 0 Å². The smallest absolute Gasteiger partial charge is 0.127 e. The van der Waals surface area contributed by atoms with Gasteiger partial charge < -0.3 is 9.47 Å². The Bertz CT molecular complexity index is 559. The monoisotopic (exact) mass is 242 g/mol. The van der Waals surface area contributed by atoms with Gasteiger partial charge >= 0.3 is 0 Å². The van der Waals surface area contributed by atoms with Crippen molar-refractivity contribution in [3.63, 3.8) is 0 Å². The van der Waals surface area contributed by atoms with Gasteiger partial charge in [-0.1, -0.05) is 24.3 Å². The highest BCUT2D eigenvalue weighted by Crippen LogP contribution is 2.38. The second-order valence-electron chi connectivity index (χ2n) is 4.36. The molecule has 0 aliphatic heterocycles. The largest absolute Gasteiger partial charge is 0.496 e. The van der Waals surface area contributed by atoms with Gasteiger partial charge in [0.25, 0.3) is 0 Å². The van der Waals surface area contributed by atoms with Crippen LogP contribution < -0.4 is 9.47 Å². The van der Waals surface area contributed by atoms with E-state index in [0.717, 1.165) is 22.6 Å². The summed E-state index contributed by atoms with van der Waals surface area (Å²) in [5, 5.41) is 0. The van der Waals surface area contributed by atoms with Crippen LogP contribution in [0.1, 0.15) is 11.1 Å². The zero-order valence-corrected chi connectivity index (χ0v) is 11.3. The molecule has 0 fully saturated rings. The van der Waals surface area contributed by atoms with Crippen molar-refractivity contribution in [2.45, 2.75) is 13.8 Å². The van der Waals surface area contributed by atoms with Gasteiger partial charge in [0.05, 0.1) is 14.2 Å². The van der Waals surface area contributed by atoms with Gasteiger partial charge in [-0.15, -0.1) is 0 Å². The highest BCUT2D eigenvalue weighted by Gasteiger charge is 2.13. The van der Waals surface area contributed by atoms with Crippen LogP contribution in [-0.4, -0.2) is 14.2 Å². The molecule has 0 saturated carbocycles. The Labute approximate surface area is 108 Å². The fourth-order valence-electron chi connectivity index (χ4n) is 2.16. The molecule has 2 nitrogen and oxygen atoms in total. The van der Waals surface area contributed by atoms with Crippen LogP contribution >= 0.6 is 0 Å². The third-order valence-corrected chi connectivity index (χ3v) is 3.08. The van der Waals surface area contributed by atoms with Crippen molar-refractivity contribution in [3.05, 3.63) is 47.5 Å². The minimum atomic E-state index is 0.872. The lowest BCUT2D eigenvalue weighted by Crippen LogP contribution is -1.94. The topological polar surface area (TPSA) is 18.5 Å². The molecular formula is C16H18O2. The van der Waals surface area contributed by atoms with Gasteiger partial charge in [0.15, 0.2) is 0 Å². The number of benzene rings is 2. The third kappa shape index (κ3) is 2.19. The first kappa shape index (κ1) is 12.5. The van der Waals surface area contributed by atoms with Gasteiger partial charge in [0.1, 0.15) is 11.5 Å². The maximum atomic E-state index is 5.48. The highest BCUT2D eigenvalue weighted by atomic mass is 16.5. The number of hydrogen-bond donors (Lipinski definition) is 0. The summed E-state index contributed by atoms with van der Waals surface area (Å²) in [5.41, 5.74) is 4.52. The molecule has 2 rings (SSSR count). The van der Waals surface area contributed by atoms with E-state index in [9.17, 15) is 0 Å². The van der Waals surface area contributed by atoms with Gasteiger partial charge in [0, 0.05) is 11.1 Å². The summed E-state index contributed by atoms with van der Waals surface area (Å²) in [5.74, 6) is 1.75. The van der Waals surface area contributed by atoms with E-state index in [1.807, 2.05) is 18.2 Å². The molecule has 0 amide bonds. The minimum Gasteiger partial charge on any atom is -0.496 e. The number of ether oxygens (including phenoxy) is 2. The second kappa shape index (κ2) is 5.13. The Kier molecular flexibility index (Phi) is 3.56. The van der Waals surface area contributed by atoms with Gasteiger partial charge in [-0.05, 0) is 37.1 Å². The van der Waals surface area contributed by atoms with Crippen LogP contribution in [0.5, 0.6) is 11.5 Å². The summed E-state index contributed by atoms with van der Waals surface area (Å²) < 4.78 is 10.9. The van der Waals surface area contributed by atoms with E-state index in [4.69, 9.17) is 9.47 Å². The SMILES string of the molecule is COc1cc(C)ccc1-c1c(C)cccc1OC. The number of rotatable bonds is 3. The molecule has 18 heavy (non-hydrogen) atoms. The summed E-state index contributed by atoms with van der Waals surface area (Å²) in [6.45, 7) is 4.14. The standard InChI is InChI=1S/C16H18O2/c1-11-8-9-13(15(10-11)18-4)16-12(2)6-5-7-14(16)17-3/h5-10H,1-4H3. The Morgan fingerprint density at radius 1 is 0.833 bits per heavy atom. The molecule has 0 atom stereocenters. The molecule has 0 spiro atoms. The first-order chi connectivity index (χ1) is 8.67. The molecule has 0 aliphatic carbocycles. The van der Waals surface area contributed by atoms with E-state index in [0.29, 0.717) is 0 Å². The van der Waals surface area contributed by atoms with Crippen molar-refractivity contribution in [3.8, 4) is 22.6 Å². The van der Waals surface area contributed by atoms with E-state index in [1.54, 1.807) is 14.2 Å². The van der Waals surface area contributed by atoms with E-state index in [1.165, 1.54) is 11.1 Å². The molecule has 2 aromatic rings. The van der Waals surface area contributed by atoms with Crippen LogP contribution in [0.2, 0.25) is 0 Å². The molecule has 0 bridgehead atoms. The normalized spacial score (nSPS) is 10.2. The van der Waals surface area contributed by atoms with Crippen LogP contribution in [0, 0.1) is 13.8 Å². The van der Waals surface area contributed by atoms with E-state index < -0.39 is 0 Å². The fraction of sp³-hybridized carbons (Fsp3) is 0.250. The Morgan fingerprint density at radius 3 is 2.22 bits per heavy atom. The predicted octanol–water partition coefficient (Wildman–Crippen LogP) is 3.99. The fourth-order valence-corrected chi connectivity index (χ4v) is 2.16. The molecule has 0 radical (unpaired) electrons. The van der Waals surface area contributed by atoms with Crippen molar-refractivity contribution in [2.24, 2.45) is 0 Å². The van der Waals surface area contributed by atoms with Crippen LogP contribution in [0.3, 0.4) is 0 Å². The minimum absolute atomic E-state index is 0.872. The number of aryl methyl sites for hydroxylation is 2. The Morgan fingerprint density at radius 2 is 1.56 bits per heavy atom. The van der Waals surface area contributed by atoms with Crippen molar-refractivity contribution < 1.29 is 9.47 Å². The average molecular weight is 242 g/mol. The Balaban J connectivity index is 2.68. The van der Waals surface area contributed by atoms with Crippen molar-refractivity contribution in [2.75, 3.05) is 14.2 Å². The molecule has 0 aromatic heterocycles. The molecular weight excluding hydrogens is 224 g/mol. The quantitative estimate of drug-likeness (QED) is 0.810. The van der Waals surface area contributed by atoms with Crippen molar-refractivity contribution >= 4 is 0 Å². The molecule has 0 unspecified atom stereocenters. The first-order valence-electron chi connectivity index (χ1n) is 5.96. The lowest BCUT2D eigenvalue weighted by molar-refractivity contribution is 0.410. The maximum Gasteiger partial charge on any atom is 0.127 e.